The van der Waals surface area contributed by atoms with Crippen LogP contribution in [0.4, 0.5) is 0 Å². The minimum atomic E-state index is -0.924. The summed E-state index contributed by atoms with van der Waals surface area (Å²) in [6.07, 6.45) is 7.19. The molecular weight excluding hydrogens is 380 g/mol. The van der Waals surface area contributed by atoms with Gasteiger partial charge < -0.3 is 10.2 Å². The number of benzene rings is 1. The second-order valence-electron chi connectivity index (χ2n) is 9.31. The highest BCUT2D eigenvalue weighted by Gasteiger charge is 2.53. The normalized spacial score (nSPS) is 23.0. The Labute approximate surface area is 177 Å². The molecule has 1 aromatic rings. The van der Waals surface area contributed by atoms with E-state index in [4.69, 9.17) is 0 Å². The van der Waals surface area contributed by atoms with Crippen LogP contribution < -0.4 is 0 Å². The van der Waals surface area contributed by atoms with Gasteiger partial charge in [-0.2, -0.15) is 0 Å². The van der Waals surface area contributed by atoms with Crippen molar-refractivity contribution >= 4 is 17.9 Å². The fourth-order valence-corrected chi connectivity index (χ4v) is 4.97. The van der Waals surface area contributed by atoms with Gasteiger partial charge in [0.2, 0.25) is 0 Å². The van der Waals surface area contributed by atoms with Crippen molar-refractivity contribution in [2.24, 2.45) is 11.3 Å². The molecule has 0 saturated heterocycles. The van der Waals surface area contributed by atoms with E-state index in [0.29, 0.717) is 19.1 Å². The summed E-state index contributed by atoms with van der Waals surface area (Å²) in [6.45, 7) is 9.49. The minimum Gasteiger partial charge on any atom is -0.504 e. The van der Waals surface area contributed by atoms with Crippen molar-refractivity contribution in [3.05, 3.63) is 45.6 Å². The maximum Gasteiger partial charge on any atom is 0.170 e. The molecule has 5 heteroatoms. The van der Waals surface area contributed by atoms with Crippen LogP contribution in [0.15, 0.2) is 23.3 Å². The number of hydrogen-bond acceptors (Lipinski definition) is 5. The number of fused-ring (bicyclic) bond motifs is 2. The van der Waals surface area contributed by atoms with Gasteiger partial charge in [-0.3, -0.25) is 14.4 Å². The van der Waals surface area contributed by atoms with Crippen LogP contribution in [-0.4, -0.2) is 28.1 Å². The minimum absolute atomic E-state index is 0.0298. The Morgan fingerprint density at radius 2 is 1.87 bits per heavy atom. The number of hydrogen-bond donors (Lipinski definition) is 2. The molecule has 2 aliphatic rings. The van der Waals surface area contributed by atoms with E-state index in [9.17, 15) is 24.6 Å². The smallest absolute Gasteiger partial charge is 0.170 e. The number of aromatic hydroxyl groups is 2. The van der Waals surface area contributed by atoms with Gasteiger partial charge in [0.05, 0.1) is 5.56 Å². The Hall–Kier alpha value is -2.69. The second-order valence-corrected chi connectivity index (χ2v) is 9.31. The Kier molecular flexibility index (Phi) is 5.76. The molecule has 3 rings (SSSR count). The number of aldehydes is 1. The van der Waals surface area contributed by atoms with Crippen LogP contribution in [-0.2, 0) is 0 Å². The van der Waals surface area contributed by atoms with Gasteiger partial charge >= 0.3 is 0 Å². The number of rotatable bonds is 5. The molecule has 160 valence electrons. The summed E-state index contributed by atoms with van der Waals surface area (Å²) in [5.74, 6) is -2.51. The first-order valence-electron chi connectivity index (χ1n) is 10.5. The van der Waals surface area contributed by atoms with Crippen LogP contribution in [0.2, 0.25) is 0 Å². The fraction of sp³-hybridized carbons (Fsp3) is 0.480. The average Bonchev–Trinajstić information content (AvgIpc) is 2.67. The van der Waals surface area contributed by atoms with Crippen LogP contribution in [0.5, 0.6) is 11.5 Å². The van der Waals surface area contributed by atoms with Crippen molar-refractivity contribution in [2.45, 2.75) is 66.2 Å². The number of carbonyl (C=O) groups excluding carboxylic acids is 3. The summed E-state index contributed by atoms with van der Waals surface area (Å²) < 4.78 is 0. The molecule has 0 aliphatic heterocycles. The summed E-state index contributed by atoms with van der Waals surface area (Å²) in [4.78, 5) is 39.0. The third kappa shape index (κ3) is 3.30. The lowest BCUT2D eigenvalue weighted by molar-refractivity contribution is 0.0558. The van der Waals surface area contributed by atoms with E-state index in [0.717, 1.165) is 18.4 Å². The molecule has 0 amide bonds. The quantitative estimate of drug-likeness (QED) is 0.380. The molecule has 2 unspecified atom stereocenters. The number of phenolic OH excluding ortho intramolecular Hbond substituents is 2. The summed E-state index contributed by atoms with van der Waals surface area (Å²) >= 11 is 0. The van der Waals surface area contributed by atoms with Crippen LogP contribution in [0.25, 0.3) is 0 Å². The first kappa shape index (κ1) is 22.0. The lowest BCUT2D eigenvalue weighted by Gasteiger charge is -2.44. The number of allylic oxidation sites excluding steroid dienone is 4. The van der Waals surface area contributed by atoms with E-state index < -0.39 is 22.8 Å². The third-order valence-electron chi connectivity index (χ3n) is 6.55. The molecule has 0 spiro atoms. The maximum atomic E-state index is 13.8. The van der Waals surface area contributed by atoms with Gasteiger partial charge in [-0.1, -0.05) is 44.1 Å². The van der Waals surface area contributed by atoms with Gasteiger partial charge in [-0.15, -0.1) is 0 Å². The molecule has 0 heterocycles. The van der Waals surface area contributed by atoms with Crippen molar-refractivity contribution in [3.8, 4) is 11.5 Å². The lowest BCUT2D eigenvalue weighted by atomic mass is 9.56. The van der Waals surface area contributed by atoms with E-state index in [1.165, 1.54) is 5.57 Å². The lowest BCUT2D eigenvalue weighted by Crippen LogP contribution is -2.47. The summed E-state index contributed by atoms with van der Waals surface area (Å²) in [6, 6.07) is 0. The van der Waals surface area contributed by atoms with Crippen LogP contribution in [0.3, 0.4) is 0 Å². The van der Waals surface area contributed by atoms with E-state index in [-0.39, 0.29) is 39.7 Å². The summed E-state index contributed by atoms with van der Waals surface area (Å²) in [5, 5.41) is 20.9. The fourth-order valence-electron chi connectivity index (χ4n) is 4.97. The van der Waals surface area contributed by atoms with Crippen molar-refractivity contribution in [3.63, 3.8) is 0 Å². The topological polar surface area (TPSA) is 91.7 Å². The van der Waals surface area contributed by atoms with E-state index in [1.807, 2.05) is 26.8 Å². The molecule has 0 fully saturated rings. The average molecular weight is 411 g/mol. The zero-order chi connectivity index (χ0) is 22.4. The maximum absolute atomic E-state index is 13.8. The number of ketones is 2. The molecule has 2 atom stereocenters. The van der Waals surface area contributed by atoms with Crippen LogP contribution >= 0.6 is 0 Å². The van der Waals surface area contributed by atoms with E-state index in [1.54, 1.807) is 13.8 Å². The van der Waals surface area contributed by atoms with E-state index in [2.05, 4.69) is 6.08 Å². The SMILES string of the molecule is CC(C)=CCCC1=CCC2C(=O)c3c(C=O)c(O)c(O)c(C(C)C)c3C(=O)C2(C)C1. The van der Waals surface area contributed by atoms with Gasteiger partial charge in [-0.05, 0) is 45.4 Å². The molecule has 0 saturated carbocycles. The standard InChI is InChI=1S/C25H30O5/c1-13(2)7-6-8-15-9-10-17-22(28)19-16(12-26)21(27)23(29)18(14(3)4)20(19)24(30)25(17,5)11-15/h7,9,12,14,17,27,29H,6,8,10-11H2,1-5H3. The Bertz CT molecular complexity index is 992. The molecule has 5 nitrogen and oxygen atoms in total. The molecule has 2 N–H and O–H groups in total. The predicted molar refractivity (Wildman–Crippen MR) is 115 cm³/mol. The van der Waals surface area contributed by atoms with Gasteiger partial charge in [0.1, 0.15) is 0 Å². The first-order chi connectivity index (χ1) is 14.0. The largest absolute Gasteiger partial charge is 0.504 e. The van der Waals surface area contributed by atoms with Crippen molar-refractivity contribution in [2.75, 3.05) is 0 Å². The third-order valence-corrected chi connectivity index (χ3v) is 6.55. The molecule has 1 aromatic carbocycles. The van der Waals surface area contributed by atoms with Crippen molar-refractivity contribution in [1.29, 1.82) is 0 Å². The molecule has 0 aromatic heterocycles. The van der Waals surface area contributed by atoms with Crippen LogP contribution in [0.1, 0.15) is 103 Å². The Morgan fingerprint density at radius 1 is 1.20 bits per heavy atom. The Balaban J connectivity index is 2.16. The van der Waals surface area contributed by atoms with Gasteiger partial charge in [-0.25, -0.2) is 0 Å². The van der Waals surface area contributed by atoms with E-state index >= 15 is 0 Å². The highest BCUT2D eigenvalue weighted by molar-refractivity contribution is 6.22. The van der Waals surface area contributed by atoms with Gasteiger partial charge in [0.25, 0.3) is 0 Å². The first-order valence-corrected chi connectivity index (χ1v) is 10.5. The highest BCUT2D eigenvalue weighted by atomic mass is 16.3. The number of carbonyl (C=O) groups is 3. The second kappa shape index (κ2) is 7.86. The number of phenols is 2. The zero-order valence-electron chi connectivity index (χ0n) is 18.3. The molecule has 30 heavy (non-hydrogen) atoms. The molecule has 2 aliphatic carbocycles. The van der Waals surface area contributed by atoms with Gasteiger partial charge in [0, 0.05) is 28.0 Å². The summed E-state index contributed by atoms with van der Waals surface area (Å²) in [5.41, 5.74) is 1.51. The zero-order valence-corrected chi connectivity index (χ0v) is 18.3. The monoisotopic (exact) mass is 410 g/mol. The highest BCUT2D eigenvalue weighted by Crippen LogP contribution is 2.53. The predicted octanol–water partition coefficient (Wildman–Crippen LogP) is 5.50. The van der Waals surface area contributed by atoms with Crippen molar-refractivity contribution in [1.82, 2.24) is 0 Å². The summed E-state index contributed by atoms with van der Waals surface area (Å²) in [7, 11) is 0. The molecular formula is C25H30O5. The van der Waals surface area contributed by atoms with Crippen LogP contribution in [0, 0.1) is 11.3 Å². The van der Waals surface area contributed by atoms with Gasteiger partial charge in [0.15, 0.2) is 29.4 Å². The van der Waals surface area contributed by atoms with Crippen molar-refractivity contribution < 1.29 is 24.6 Å². The molecule has 0 bridgehead atoms. The number of Topliss-reactive ketones (excluding diaryl/α,β-unsaturated/α-hetero) is 2. The Morgan fingerprint density at radius 3 is 2.43 bits per heavy atom. The molecule has 0 radical (unpaired) electrons.